The molecule has 3 aliphatic rings. The average Bonchev–Trinajstić information content (AvgIpc) is 2.46. The Morgan fingerprint density at radius 3 is 2.65 bits per heavy atom. The van der Waals surface area contributed by atoms with E-state index in [2.05, 4.69) is 10.3 Å². The van der Waals surface area contributed by atoms with Crippen molar-refractivity contribution in [2.45, 2.75) is 0 Å². The number of primary sulfonamides is 1. The molecule has 0 radical (unpaired) electrons. The minimum absolute atomic E-state index is 0.0182. The summed E-state index contributed by atoms with van der Waals surface area (Å²) in [6.07, 6.45) is 4.88. The number of carbonyl (C=O) groups excluding carboxylic acids is 2. The van der Waals surface area contributed by atoms with Crippen LogP contribution >= 0.6 is 0 Å². The number of fused-ring (bicyclic) bond motifs is 3. The number of carbonyl (C=O) groups is 2. The topological polar surface area (TPSA) is 162 Å². The number of allylic oxidation sites excluding steroid dienone is 6. The van der Waals surface area contributed by atoms with Gasteiger partial charge in [0.2, 0.25) is 10.0 Å². The van der Waals surface area contributed by atoms with Gasteiger partial charge in [0.05, 0.1) is 32.7 Å². The van der Waals surface area contributed by atoms with Crippen LogP contribution in [0.5, 0.6) is 0 Å². The van der Waals surface area contributed by atoms with Crippen LogP contribution in [0, 0.1) is 16.0 Å². The number of aliphatic imine (C=N–C) groups is 1. The Hall–Kier alpha value is -2.92. The van der Waals surface area contributed by atoms with Gasteiger partial charge in [0.15, 0.2) is 0 Å². The van der Waals surface area contributed by atoms with Gasteiger partial charge in [-0.05, 0) is 6.08 Å². The van der Waals surface area contributed by atoms with E-state index in [9.17, 15) is 28.1 Å². The molecular weight excluding hydrogens is 328 g/mol. The molecule has 0 saturated carbocycles. The predicted molar refractivity (Wildman–Crippen MR) is 76.5 cm³/mol. The Balaban J connectivity index is 2.32. The number of amides is 2. The largest absolute Gasteiger partial charge is 0.335 e. The summed E-state index contributed by atoms with van der Waals surface area (Å²) in [4.78, 5) is 36.5. The lowest BCUT2D eigenvalue weighted by Gasteiger charge is -2.28. The fourth-order valence-corrected chi connectivity index (χ4v) is 3.33. The van der Waals surface area contributed by atoms with Gasteiger partial charge in [0, 0.05) is 6.08 Å². The maximum absolute atomic E-state index is 11.7. The van der Waals surface area contributed by atoms with E-state index >= 15 is 0 Å². The zero-order valence-electron chi connectivity index (χ0n) is 11.2. The first-order chi connectivity index (χ1) is 10.7. The highest BCUT2D eigenvalue weighted by molar-refractivity contribution is 7.93. The van der Waals surface area contributed by atoms with Crippen molar-refractivity contribution in [1.82, 2.24) is 5.32 Å². The van der Waals surface area contributed by atoms with Gasteiger partial charge in [0.25, 0.3) is 5.70 Å². The number of nitro groups is 1. The van der Waals surface area contributed by atoms with E-state index in [1.165, 1.54) is 12.2 Å². The molecule has 0 aromatic heterocycles. The van der Waals surface area contributed by atoms with Crippen LogP contribution in [0.1, 0.15) is 0 Å². The molecule has 1 heterocycles. The maximum atomic E-state index is 11.7. The summed E-state index contributed by atoms with van der Waals surface area (Å²) in [5, 5.41) is 18.6. The monoisotopic (exact) mass is 336 g/mol. The van der Waals surface area contributed by atoms with Gasteiger partial charge in [-0.1, -0.05) is 12.2 Å². The van der Waals surface area contributed by atoms with Crippen molar-refractivity contribution in [3.05, 3.63) is 56.3 Å². The molecule has 2 amide bonds. The highest BCUT2D eigenvalue weighted by atomic mass is 32.2. The molecular formula is C12H8N4O6S. The third-order valence-corrected chi connectivity index (χ3v) is 4.39. The fourth-order valence-electron chi connectivity index (χ4n) is 2.53. The third kappa shape index (κ3) is 2.31. The van der Waals surface area contributed by atoms with Crippen molar-refractivity contribution >= 4 is 27.5 Å². The maximum Gasteiger partial charge on any atom is 0.335 e. The minimum Gasteiger partial charge on any atom is -0.316 e. The van der Waals surface area contributed by atoms with Crippen molar-refractivity contribution in [3.63, 3.8) is 0 Å². The predicted octanol–water partition coefficient (Wildman–Crippen LogP) is -1.13. The van der Waals surface area contributed by atoms with Crippen LogP contribution in [0.3, 0.4) is 0 Å². The van der Waals surface area contributed by atoms with Crippen molar-refractivity contribution in [2.24, 2.45) is 16.0 Å². The summed E-state index contributed by atoms with van der Waals surface area (Å²) in [6, 6.07) is 0. The van der Waals surface area contributed by atoms with Crippen LogP contribution in [0.4, 0.5) is 0 Å². The number of hydrogen-bond donors (Lipinski definition) is 2. The highest BCUT2D eigenvalue weighted by Crippen LogP contribution is 2.38. The van der Waals surface area contributed by atoms with E-state index in [1.54, 1.807) is 0 Å². The molecule has 0 bridgehead atoms. The second kappa shape index (κ2) is 4.79. The zero-order chi connectivity index (χ0) is 16.9. The van der Waals surface area contributed by atoms with Crippen molar-refractivity contribution < 1.29 is 22.9 Å². The van der Waals surface area contributed by atoms with Gasteiger partial charge in [-0.15, -0.1) is 0 Å². The third-order valence-electron chi connectivity index (χ3n) is 3.42. The van der Waals surface area contributed by atoms with Crippen molar-refractivity contribution in [1.29, 1.82) is 0 Å². The molecule has 3 N–H and O–H groups in total. The van der Waals surface area contributed by atoms with Crippen LogP contribution in [0.2, 0.25) is 0 Å². The molecule has 0 aromatic carbocycles. The van der Waals surface area contributed by atoms with Crippen LogP contribution in [-0.4, -0.2) is 30.9 Å². The Morgan fingerprint density at radius 2 is 2.04 bits per heavy atom. The number of rotatable bonds is 2. The van der Waals surface area contributed by atoms with E-state index in [0.29, 0.717) is 0 Å². The Labute approximate surface area is 128 Å². The molecule has 0 aromatic rings. The zero-order valence-corrected chi connectivity index (χ0v) is 12.0. The Bertz CT molecular complexity index is 935. The molecule has 118 valence electrons. The smallest absolute Gasteiger partial charge is 0.316 e. The summed E-state index contributed by atoms with van der Waals surface area (Å²) in [6.45, 7) is 0. The lowest BCUT2D eigenvalue weighted by atomic mass is 9.82. The number of nitrogens with zero attached hydrogens (tertiary/aromatic N) is 2. The van der Waals surface area contributed by atoms with E-state index in [-0.39, 0.29) is 17.0 Å². The molecule has 0 fully saturated rings. The van der Waals surface area contributed by atoms with Crippen LogP contribution < -0.4 is 10.5 Å². The molecule has 1 atom stereocenters. The van der Waals surface area contributed by atoms with Gasteiger partial charge in [-0.2, -0.15) is 0 Å². The lowest BCUT2D eigenvalue weighted by molar-refractivity contribution is -0.420. The van der Waals surface area contributed by atoms with E-state index in [4.69, 9.17) is 5.14 Å². The first-order valence-electron chi connectivity index (χ1n) is 6.16. The molecule has 2 aliphatic carbocycles. The van der Waals surface area contributed by atoms with E-state index in [1.807, 2.05) is 0 Å². The normalized spacial score (nSPS) is 23.3. The van der Waals surface area contributed by atoms with Gasteiger partial charge in [-0.3, -0.25) is 19.7 Å². The summed E-state index contributed by atoms with van der Waals surface area (Å²) in [5.41, 5.74) is -0.717. The average molecular weight is 336 g/mol. The summed E-state index contributed by atoms with van der Waals surface area (Å²) in [7, 11) is -4.23. The quantitative estimate of drug-likeness (QED) is 0.368. The molecule has 10 nitrogen and oxygen atoms in total. The summed E-state index contributed by atoms with van der Waals surface area (Å²) >= 11 is 0. The van der Waals surface area contributed by atoms with Crippen molar-refractivity contribution in [2.75, 3.05) is 0 Å². The minimum atomic E-state index is -4.23. The lowest BCUT2D eigenvalue weighted by Crippen LogP contribution is -2.43. The summed E-state index contributed by atoms with van der Waals surface area (Å²) < 4.78 is 23.4. The second-order valence-electron chi connectivity index (χ2n) is 4.81. The molecule has 0 saturated heterocycles. The van der Waals surface area contributed by atoms with Gasteiger partial charge in [0.1, 0.15) is 0 Å². The number of nitrogens with one attached hydrogen (secondary N) is 1. The van der Waals surface area contributed by atoms with Crippen molar-refractivity contribution in [3.8, 4) is 0 Å². The number of nitrogens with two attached hydrogens (primary N) is 1. The van der Waals surface area contributed by atoms with E-state index < -0.39 is 43.3 Å². The fraction of sp³-hybridized carbons (Fsp3) is 0.0833. The van der Waals surface area contributed by atoms with E-state index in [0.717, 1.165) is 12.2 Å². The number of hydrogen-bond acceptors (Lipinski definition) is 6. The van der Waals surface area contributed by atoms with Crippen LogP contribution in [-0.2, 0) is 19.6 Å². The first kappa shape index (κ1) is 15.0. The highest BCUT2D eigenvalue weighted by Gasteiger charge is 2.42. The summed E-state index contributed by atoms with van der Waals surface area (Å²) in [5.74, 6) is -3.06. The van der Waals surface area contributed by atoms with Gasteiger partial charge < -0.3 is 5.32 Å². The second-order valence-corrected chi connectivity index (χ2v) is 6.34. The standard InChI is InChI=1S/C12H8N4O6S/c13-23(21,22)8-3-1-2-5-9(8)7(16(19)20)4-6-10(5)15-12(18)11(17)14-6/h1-5H,(H,14,17)(H2,13,21,22). The van der Waals surface area contributed by atoms with Gasteiger partial charge in [-0.25, -0.2) is 18.5 Å². The Morgan fingerprint density at radius 1 is 1.35 bits per heavy atom. The Kier molecular flexibility index (Phi) is 3.12. The number of sulfonamides is 1. The molecule has 1 aliphatic heterocycles. The molecule has 11 heteroatoms. The van der Waals surface area contributed by atoms with Crippen LogP contribution in [0.15, 0.2) is 51.2 Å². The molecule has 23 heavy (non-hydrogen) atoms. The van der Waals surface area contributed by atoms with Crippen LogP contribution in [0.25, 0.3) is 0 Å². The molecule has 3 rings (SSSR count). The SMILES string of the molecule is NS(=O)(=O)C1=CC=CC2C3=NC(=O)C(=O)NC3=CC([N+](=O)[O-])=C12. The first-order valence-corrected chi connectivity index (χ1v) is 7.71. The molecule has 1 unspecified atom stereocenters. The molecule has 0 spiro atoms. The van der Waals surface area contributed by atoms with Gasteiger partial charge >= 0.3 is 11.8 Å².